The molecule has 2 fully saturated rings. The summed E-state index contributed by atoms with van der Waals surface area (Å²) in [6, 6.07) is -4.35. The molecule has 16 heteroatoms. The molecule has 3 rings (SSSR count). The van der Waals surface area contributed by atoms with Gasteiger partial charge in [0.25, 0.3) is 0 Å². The van der Waals surface area contributed by atoms with Gasteiger partial charge in [-0.15, -0.1) is 5.10 Å². The molecular formula is C26H43N9O6S. The van der Waals surface area contributed by atoms with Crippen LogP contribution in [-0.4, -0.2) is 109 Å². The first-order valence-corrected chi connectivity index (χ1v) is 14.8. The Balaban J connectivity index is 1.70. The first kappa shape index (κ1) is 33.7. The van der Waals surface area contributed by atoms with Crippen LogP contribution in [0.1, 0.15) is 58.6 Å². The van der Waals surface area contributed by atoms with Crippen molar-refractivity contribution >= 4 is 42.0 Å². The average molecular weight is 610 g/mol. The van der Waals surface area contributed by atoms with Crippen LogP contribution < -0.4 is 21.2 Å². The van der Waals surface area contributed by atoms with Crippen LogP contribution in [0.5, 0.6) is 0 Å². The van der Waals surface area contributed by atoms with Crippen LogP contribution >= 0.6 is 12.8 Å². The van der Waals surface area contributed by atoms with E-state index >= 15 is 0 Å². The Kier molecular flexibility index (Phi) is 12.6. The number of hydrogen-bond acceptors (Lipinski definition) is 13. The second kappa shape index (κ2) is 15.6. The highest BCUT2D eigenvalue weighted by molar-refractivity contribution is 7.78. The van der Waals surface area contributed by atoms with Gasteiger partial charge in [-0.3, -0.25) is 33.4 Å². The van der Waals surface area contributed by atoms with E-state index in [1.807, 2.05) is 6.92 Å². The molecule has 0 spiro atoms. The summed E-state index contributed by atoms with van der Waals surface area (Å²) < 4.78 is 3.84. The summed E-state index contributed by atoms with van der Waals surface area (Å²) in [5, 5.41) is 21.9. The number of aromatic nitrogens is 3. The molecule has 1 unspecified atom stereocenters. The number of carbonyl (C=O) groups is 5. The van der Waals surface area contributed by atoms with Gasteiger partial charge >= 0.3 is 0 Å². The molecule has 0 aliphatic carbocycles. The minimum absolute atomic E-state index is 0.136. The topological polar surface area (TPSA) is 205 Å². The van der Waals surface area contributed by atoms with Crippen LogP contribution in [0.15, 0.2) is 6.20 Å². The number of Topliss-reactive ketones (excluding diaryl/α,β-unsaturated/α-hetero) is 3. The number of carbonyl (C=O) groups excluding carboxylic acids is 5. The van der Waals surface area contributed by atoms with Crippen molar-refractivity contribution < 1.29 is 29.1 Å². The summed E-state index contributed by atoms with van der Waals surface area (Å²) in [6.07, 6.45) is 4.46. The summed E-state index contributed by atoms with van der Waals surface area (Å²) in [5.74, 6) is -2.96. The van der Waals surface area contributed by atoms with Gasteiger partial charge < -0.3 is 21.1 Å². The van der Waals surface area contributed by atoms with Crippen LogP contribution in [0.2, 0.25) is 0 Å². The molecule has 0 saturated carbocycles. The third-order valence-electron chi connectivity index (χ3n) is 8.04. The molecule has 15 nitrogen and oxygen atoms in total. The average Bonchev–Trinajstić information content (AvgIpc) is 3.76. The molecular weight excluding hydrogens is 566 g/mol. The Morgan fingerprint density at radius 2 is 1.81 bits per heavy atom. The molecule has 0 aromatic carbocycles. The number of thiol groups is 1. The zero-order valence-electron chi connectivity index (χ0n) is 24.4. The summed E-state index contributed by atoms with van der Waals surface area (Å²) in [6.45, 7) is 5.76. The van der Waals surface area contributed by atoms with Gasteiger partial charge in [-0.25, -0.2) is 10.4 Å². The van der Waals surface area contributed by atoms with Crippen molar-refractivity contribution in [2.75, 3.05) is 19.7 Å². The first-order chi connectivity index (χ1) is 20.1. The van der Waals surface area contributed by atoms with Gasteiger partial charge in [0.1, 0.15) is 23.9 Å². The van der Waals surface area contributed by atoms with E-state index in [4.69, 9.17) is 5.73 Å². The molecule has 0 bridgehead atoms. The van der Waals surface area contributed by atoms with Crippen molar-refractivity contribution in [3.8, 4) is 0 Å². The summed E-state index contributed by atoms with van der Waals surface area (Å²) >= 11 is 3.81. The van der Waals surface area contributed by atoms with Crippen LogP contribution in [0.25, 0.3) is 0 Å². The fourth-order valence-corrected chi connectivity index (χ4v) is 5.50. The number of hydrazine groups is 1. The Hall–Kier alpha value is -2.76. The summed E-state index contributed by atoms with van der Waals surface area (Å²) in [4.78, 5) is 66.9. The van der Waals surface area contributed by atoms with E-state index < -0.39 is 54.3 Å². The third kappa shape index (κ3) is 7.99. The van der Waals surface area contributed by atoms with E-state index in [9.17, 15) is 29.1 Å². The molecule has 2 aliphatic rings. The summed E-state index contributed by atoms with van der Waals surface area (Å²) in [7, 11) is 0. The van der Waals surface area contributed by atoms with Crippen molar-refractivity contribution in [3.63, 3.8) is 0 Å². The van der Waals surface area contributed by atoms with Crippen molar-refractivity contribution in [2.45, 2.75) is 96.2 Å². The SMILES string of the molecule is CC[C@H](C)C(NC(=O)[C@@H]1CCCN1C(=O)[C@@H]1CCCN1N[C@@H](Cn1cc(CN)nn1)C(C)=O)C(=O)C(=O)[C@H](CO)NS. The fourth-order valence-electron chi connectivity index (χ4n) is 5.30. The second-order valence-corrected chi connectivity index (χ2v) is 11.2. The number of amides is 2. The Morgan fingerprint density at radius 1 is 1.12 bits per heavy atom. The van der Waals surface area contributed by atoms with E-state index in [1.165, 1.54) is 16.5 Å². The predicted molar refractivity (Wildman–Crippen MR) is 154 cm³/mol. The number of nitrogens with two attached hydrogens (primary N) is 1. The lowest BCUT2D eigenvalue weighted by atomic mass is 9.91. The summed E-state index contributed by atoms with van der Waals surface area (Å²) in [5.41, 5.74) is 9.40. The highest BCUT2D eigenvalue weighted by atomic mass is 32.1. The number of likely N-dealkylation sites (tertiary alicyclic amines) is 1. The van der Waals surface area contributed by atoms with E-state index in [0.29, 0.717) is 44.5 Å². The second-order valence-electron chi connectivity index (χ2n) is 10.9. The van der Waals surface area contributed by atoms with Crippen molar-refractivity contribution in [2.24, 2.45) is 11.7 Å². The molecule has 2 aliphatic heterocycles. The Bertz CT molecular complexity index is 1130. The lowest BCUT2D eigenvalue weighted by molar-refractivity contribution is -0.145. The molecule has 1 aromatic rings. The van der Waals surface area contributed by atoms with Crippen LogP contribution in [0.3, 0.4) is 0 Å². The van der Waals surface area contributed by atoms with E-state index in [1.54, 1.807) is 18.1 Å². The van der Waals surface area contributed by atoms with Crippen LogP contribution in [-0.2, 0) is 37.1 Å². The number of nitrogens with zero attached hydrogens (tertiary/aromatic N) is 5. The minimum Gasteiger partial charge on any atom is -0.394 e. The Labute approximate surface area is 250 Å². The lowest BCUT2D eigenvalue weighted by Gasteiger charge is -2.33. The van der Waals surface area contributed by atoms with E-state index in [2.05, 4.69) is 38.6 Å². The Morgan fingerprint density at radius 3 is 2.40 bits per heavy atom. The van der Waals surface area contributed by atoms with Crippen molar-refractivity contribution in [1.29, 1.82) is 0 Å². The zero-order chi connectivity index (χ0) is 31.0. The maximum absolute atomic E-state index is 13.8. The number of ketones is 3. The van der Waals surface area contributed by atoms with E-state index in [-0.39, 0.29) is 30.7 Å². The molecule has 6 atom stereocenters. The van der Waals surface area contributed by atoms with Gasteiger partial charge in [-0.05, 0) is 38.5 Å². The van der Waals surface area contributed by atoms with Gasteiger partial charge in [-0.2, -0.15) is 0 Å². The molecule has 42 heavy (non-hydrogen) atoms. The number of aliphatic hydroxyl groups is 1. The van der Waals surface area contributed by atoms with Gasteiger partial charge in [-0.1, -0.05) is 38.3 Å². The highest BCUT2D eigenvalue weighted by Gasteiger charge is 2.43. The largest absolute Gasteiger partial charge is 0.394 e. The monoisotopic (exact) mass is 609 g/mol. The molecule has 6 N–H and O–H groups in total. The van der Waals surface area contributed by atoms with Gasteiger partial charge in [0.05, 0.1) is 30.9 Å². The zero-order valence-corrected chi connectivity index (χ0v) is 25.3. The van der Waals surface area contributed by atoms with Gasteiger partial charge in [0, 0.05) is 25.8 Å². The number of rotatable bonds is 16. The first-order valence-electron chi connectivity index (χ1n) is 14.4. The van der Waals surface area contributed by atoms with Gasteiger partial charge in [0.15, 0.2) is 0 Å². The molecule has 2 amide bonds. The van der Waals surface area contributed by atoms with Crippen LogP contribution in [0.4, 0.5) is 0 Å². The minimum atomic E-state index is -1.19. The number of aliphatic hydroxyl groups excluding tert-OH is 1. The molecule has 0 radical (unpaired) electrons. The highest BCUT2D eigenvalue weighted by Crippen LogP contribution is 2.25. The van der Waals surface area contributed by atoms with E-state index in [0.717, 1.165) is 6.42 Å². The smallest absolute Gasteiger partial charge is 0.243 e. The lowest BCUT2D eigenvalue weighted by Crippen LogP contribution is -2.59. The number of hydrogen-bond donors (Lipinski definition) is 6. The molecule has 2 saturated heterocycles. The van der Waals surface area contributed by atoms with Crippen LogP contribution in [0, 0.1) is 5.92 Å². The van der Waals surface area contributed by atoms with Crippen molar-refractivity contribution in [1.82, 2.24) is 40.4 Å². The predicted octanol–water partition coefficient (Wildman–Crippen LogP) is -1.88. The molecule has 1 aromatic heterocycles. The third-order valence-corrected chi connectivity index (χ3v) is 8.36. The molecule has 234 valence electrons. The fraction of sp³-hybridized carbons (Fsp3) is 0.731. The normalized spacial score (nSPS) is 22.0. The standard InChI is InChI=1S/C26H43N9O6S/c1-4-15(2)22(24(39)23(38)19(14-36)31-42)28-25(40)20-7-5-9-34(20)26(41)21-8-6-10-35(21)30-18(16(3)37)13-33-12-17(11-27)29-32-33/h12,15,18-22,30-31,36,42H,4-11,13-14,27H2,1-3H3,(H,28,40)/t15-,18-,19-,20-,21-,22?/m0/s1. The molecule has 3 heterocycles. The van der Waals surface area contributed by atoms with Crippen molar-refractivity contribution in [3.05, 3.63) is 11.9 Å². The maximum Gasteiger partial charge on any atom is 0.243 e. The maximum atomic E-state index is 13.8. The van der Waals surface area contributed by atoms with Gasteiger partial charge in [0.2, 0.25) is 23.4 Å². The number of nitrogens with one attached hydrogen (secondary N) is 3. The quantitative estimate of drug-likeness (QED) is 0.0900.